The Balaban J connectivity index is 2.04. The molecule has 0 saturated carbocycles. The van der Waals surface area contributed by atoms with E-state index in [4.69, 9.17) is 4.74 Å². The maximum Gasteiger partial charge on any atom is 0.228 e. The van der Waals surface area contributed by atoms with Crippen molar-refractivity contribution in [1.82, 2.24) is 10.2 Å². The number of amides is 1. The van der Waals surface area contributed by atoms with Crippen molar-refractivity contribution < 1.29 is 9.53 Å². The van der Waals surface area contributed by atoms with Crippen LogP contribution in [0.5, 0.6) is 0 Å². The van der Waals surface area contributed by atoms with Gasteiger partial charge in [0.05, 0.1) is 12.2 Å². The van der Waals surface area contributed by atoms with Crippen molar-refractivity contribution in [3.8, 4) is 0 Å². The fourth-order valence-corrected chi connectivity index (χ4v) is 3.39. The predicted octanol–water partition coefficient (Wildman–Crippen LogP) is 1.65. The lowest BCUT2D eigenvalue weighted by Crippen LogP contribution is -2.55. The van der Waals surface area contributed by atoms with Gasteiger partial charge in [0.1, 0.15) is 0 Å². The van der Waals surface area contributed by atoms with Gasteiger partial charge in [0, 0.05) is 18.5 Å². The van der Waals surface area contributed by atoms with Crippen LogP contribution < -0.4 is 5.32 Å². The Morgan fingerprint density at radius 1 is 1.26 bits per heavy atom. The first kappa shape index (κ1) is 14.8. The minimum atomic E-state index is -0.274. The molecule has 0 aliphatic carbocycles. The number of hydrogen-bond acceptors (Lipinski definition) is 3. The van der Waals surface area contributed by atoms with Gasteiger partial charge in [-0.2, -0.15) is 0 Å². The molecule has 0 bridgehead atoms. The summed E-state index contributed by atoms with van der Waals surface area (Å²) in [4.78, 5) is 14.9. The Morgan fingerprint density at radius 2 is 1.89 bits per heavy atom. The molecule has 3 unspecified atom stereocenters. The van der Waals surface area contributed by atoms with Gasteiger partial charge in [-0.15, -0.1) is 0 Å². The first-order valence-electron chi connectivity index (χ1n) is 7.57. The number of piperidine rings is 1. The molecule has 2 aliphatic heterocycles. The SMILES string of the molecule is CC1CN(C(=O)C(C)(C)C2CCCNC2)CC(C)O1. The van der Waals surface area contributed by atoms with Gasteiger partial charge < -0.3 is 15.0 Å². The number of carbonyl (C=O) groups excluding carboxylic acids is 1. The molecule has 1 N–H and O–H groups in total. The normalized spacial score (nSPS) is 33.3. The summed E-state index contributed by atoms with van der Waals surface area (Å²) in [5.41, 5.74) is -0.274. The van der Waals surface area contributed by atoms with Crippen molar-refractivity contribution in [2.45, 2.75) is 52.7 Å². The number of ether oxygens (including phenoxy) is 1. The summed E-state index contributed by atoms with van der Waals surface area (Å²) in [6.07, 6.45) is 2.62. The molecule has 1 amide bonds. The molecule has 2 heterocycles. The van der Waals surface area contributed by atoms with Crippen LogP contribution in [0.25, 0.3) is 0 Å². The molecule has 2 aliphatic rings. The van der Waals surface area contributed by atoms with E-state index < -0.39 is 0 Å². The van der Waals surface area contributed by atoms with E-state index in [1.165, 1.54) is 6.42 Å². The average Bonchev–Trinajstić information content (AvgIpc) is 2.37. The van der Waals surface area contributed by atoms with Crippen LogP contribution in [-0.2, 0) is 9.53 Å². The molecule has 4 nitrogen and oxygen atoms in total. The number of hydrogen-bond donors (Lipinski definition) is 1. The van der Waals surface area contributed by atoms with E-state index in [2.05, 4.69) is 19.2 Å². The average molecular weight is 268 g/mol. The lowest BCUT2D eigenvalue weighted by atomic mass is 9.74. The Morgan fingerprint density at radius 3 is 2.42 bits per heavy atom. The van der Waals surface area contributed by atoms with Crippen LogP contribution >= 0.6 is 0 Å². The van der Waals surface area contributed by atoms with Gasteiger partial charge in [0.15, 0.2) is 0 Å². The predicted molar refractivity (Wildman–Crippen MR) is 76.0 cm³/mol. The standard InChI is InChI=1S/C15H28N2O2/c1-11-9-17(10-12(2)19-11)14(18)15(3,4)13-6-5-7-16-8-13/h11-13,16H,5-10H2,1-4H3. The van der Waals surface area contributed by atoms with Gasteiger partial charge in [-0.05, 0) is 45.7 Å². The van der Waals surface area contributed by atoms with Gasteiger partial charge in [-0.3, -0.25) is 4.79 Å². The van der Waals surface area contributed by atoms with Crippen molar-refractivity contribution in [2.75, 3.05) is 26.2 Å². The zero-order valence-corrected chi connectivity index (χ0v) is 12.7. The summed E-state index contributed by atoms with van der Waals surface area (Å²) in [5.74, 6) is 0.741. The van der Waals surface area contributed by atoms with Crippen LogP contribution in [0.3, 0.4) is 0 Å². The first-order valence-corrected chi connectivity index (χ1v) is 7.57. The molecule has 3 atom stereocenters. The molecule has 0 aromatic carbocycles. The third-order valence-electron chi connectivity index (χ3n) is 4.58. The van der Waals surface area contributed by atoms with Gasteiger partial charge in [0.2, 0.25) is 5.91 Å². The van der Waals surface area contributed by atoms with Crippen molar-refractivity contribution in [3.63, 3.8) is 0 Å². The molecule has 110 valence electrons. The van der Waals surface area contributed by atoms with E-state index in [0.717, 1.165) is 32.6 Å². The first-order chi connectivity index (χ1) is 8.91. The van der Waals surface area contributed by atoms with E-state index in [0.29, 0.717) is 11.8 Å². The van der Waals surface area contributed by atoms with Gasteiger partial charge in [0.25, 0.3) is 0 Å². The van der Waals surface area contributed by atoms with Crippen molar-refractivity contribution >= 4 is 5.91 Å². The maximum atomic E-state index is 12.9. The maximum absolute atomic E-state index is 12.9. The number of nitrogens with one attached hydrogen (secondary N) is 1. The third kappa shape index (κ3) is 3.29. The van der Waals surface area contributed by atoms with Crippen LogP contribution in [0.1, 0.15) is 40.5 Å². The van der Waals surface area contributed by atoms with E-state index in [1.54, 1.807) is 0 Å². The number of rotatable bonds is 2. The van der Waals surface area contributed by atoms with Crippen molar-refractivity contribution in [3.05, 3.63) is 0 Å². The lowest BCUT2D eigenvalue weighted by molar-refractivity contribution is -0.155. The summed E-state index contributed by atoms with van der Waals surface area (Å²) in [6.45, 7) is 11.8. The zero-order chi connectivity index (χ0) is 14.0. The molecular formula is C15H28N2O2. The second-order valence-electron chi connectivity index (χ2n) is 6.73. The molecule has 0 radical (unpaired) electrons. The number of carbonyl (C=O) groups is 1. The van der Waals surface area contributed by atoms with Gasteiger partial charge >= 0.3 is 0 Å². The summed E-state index contributed by atoms with van der Waals surface area (Å²) in [5, 5.41) is 3.42. The smallest absolute Gasteiger partial charge is 0.228 e. The van der Waals surface area contributed by atoms with Crippen molar-refractivity contribution in [1.29, 1.82) is 0 Å². The molecule has 2 fully saturated rings. The van der Waals surface area contributed by atoms with E-state index in [-0.39, 0.29) is 17.6 Å². The summed E-state index contributed by atoms with van der Waals surface area (Å²) < 4.78 is 5.72. The molecule has 0 aromatic heterocycles. The topological polar surface area (TPSA) is 41.6 Å². The highest BCUT2D eigenvalue weighted by Crippen LogP contribution is 2.34. The van der Waals surface area contributed by atoms with Crippen molar-refractivity contribution in [2.24, 2.45) is 11.3 Å². The fourth-order valence-electron chi connectivity index (χ4n) is 3.39. The van der Waals surface area contributed by atoms with Crippen LogP contribution in [0.4, 0.5) is 0 Å². The molecule has 4 heteroatoms. The molecule has 2 rings (SSSR count). The Bertz CT molecular complexity index is 314. The highest BCUT2D eigenvalue weighted by molar-refractivity contribution is 5.82. The minimum absolute atomic E-state index is 0.146. The largest absolute Gasteiger partial charge is 0.372 e. The number of morpholine rings is 1. The third-order valence-corrected chi connectivity index (χ3v) is 4.58. The Kier molecular flexibility index (Phi) is 4.51. The quantitative estimate of drug-likeness (QED) is 0.828. The number of nitrogens with zero attached hydrogens (tertiary/aromatic N) is 1. The monoisotopic (exact) mass is 268 g/mol. The Hall–Kier alpha value is -0.610. The second kappa shape index (κ2) is 5.80. The second-order valence-corrected chi connectivity index (χ2v) is 6.73. The molecule has 2 saturated heterocycles. The van der Waals surface area contributed by atoms with E-state index in [1.807, 2.05) is 18.7 Å². The van der Waals surface area contributed by atoms with E-state index in [9.17, 15) is 4.79 Å². The summed E-state index contributed by atoms with van der Waals surface area (Å²) >= 11 is 0. The van der Waals surface area contributed by atoms with Gasteiger partial charge in [-0.1, -0.05) is 13.8 Å². The van der Waals surface area contributed by atoms with Crippen LogP contribution in [-0.4, -0.2) is 49.2 Å². The van der Waals surface area contributed by atoms with E-state index >= 15 is 0 Å². The highest BCUT2D eigenvalue weighted by Gasteiger charge is 2.41. The summed E-state index contributed by atoms with van der Waals surface area (Å²) in [7, 11) is 0. The fraction of sp³-hybridized carbons (Fsp3) is 0.933. The molecular weight excluding hydrogens is 240 g/mol. The lowest BCUT2D eigenvalue weighted by Gasteiger charge is -2.43. The van der Waals surface area contributed by atoms with Crippen LogP contribution in [0.2, 0.25) is 0 Å². The molecule has 19 heavy (non-hydrogen) atoms. The van der Waals surface area contributed by atoms with Crippen LogP contribution in [0, 0.1) is 11.3 Å². The molecule has 0 spiro atoms. The molecule has 0 aromatic rings. The van der Waals surface area contributed by atoms with Crippen LogP contribution in [0.15, 0.2) is 0 Å². The summed E-state index contributed by atoms with van der Waals surface area (Å²) in [6, 6.07) is 0. The minimum Gasteiger partial charge on any atom is -0.372 e. The van der Waals surface area contributed by atoms with Gasteiger partial charge in [-0.25, -0.2) is 0 Å². The Labute approximate surface area is 116 Å². The highest BCUT2D eigenvalue weighted by atomic mass is 16.5. The zero-order valence-electron chi connectivity index (χ0n) is 12.7.